The summed E-state index contributed by atoms with van der Waals surface area (Å²) in [5.74, 6) is 1.83. The molecule has 3 nitrogen and oxygen atoms in total. The summed E-state index contributed by atoms with van der Waals surface area (Å²) in [6.45, 7) is 2.72. The normalized spacial score (nSPS) is 17.0. The first-order valence-corrected chi connectivity index (χ1v) is 8.53. The van der Waals surface area contributed by atoms with E-state index < -0.39 is 0 Å². The van der Waals surface area contributed by atoms with Crippen LogP contribution in [0.4, 0.5) is 0 Å². The molecule has 2 aliphatic rings. The van der Waals surface area contributed by atoms with Crippen LogP contribution in [0.15, 0.2) is 23.6 Å². The smallest absolute Gasteiger partial charge is 0.122 e. The van der Waals surface area contributed by atoms with Crippen molar-refractivity contribution in [2.45, 2.75) is 38.3 Å². The van der Waals surface area contributed by atoms with Crippen LogP contribution in [-0.4, -0.2) is 23.5 Å². The van der Waals surface area contributed by atoms with Crippen molar-refractivity contribution in [3.05, 3.63) is 45.4 Å². The molecule has 0 radical (unpaired) electrons. The van der Waals surface area contributed by atoms with Gasteiger partial charge in [-0.05, 0) is 37.1 Å². The highest BCUT2D eigenvalue weighted by Gasteiger charge is 2.26. The molecule has 0 atom stereocenters. The predicted molar refractivity (Wildman–Crippen MR) is 84.9 cm³/mol. The van der Waals surface area contributed by atoms with Gasteiger partial charge in [-0.2, -0.15) is 0 Å². The minimum Gasteiger partial charge on any atom is -0.493 e. The Bertz CT molecular complexity index is 648. The highest BCUT2D eigenvalue weighted by atomic mass is 32.1. The summed E-state index contributed by atoms with van der Waals surface area (Å²) in [5, 5.41) is 3.56. The summed E-state index contributed by atoms with van der Waals surface area (Å²) >= 11 is 1.83. The Morgan fingerprint density at radius 1 is 1.33 bits per heavy atom. The lowest BCUT2D eigenvalue weighted by atomic mass is 10.1. The standard InChI is InChI=1S/C17H20N2OS/c1-19(10-15-11-21-17(18-15)13-3-4-13)9-12-2-5-16-14(8-12)6-7-20-16/h2,5,8,11,13H,3-4,6-7,9-10H2,1H3. The Kier molecular flexibility index (Phi) is 3.43. The van der Waals surface area contributed by atoms with Crippen molar-refractivity contribution >= 4 is 11.3 Å². The van der Waals surface area contributed by atoms with Crippen LogP contribution in [0.5, 0.6) is 5.75 Å². The van der Waals surface area contributed by atoms with Gasteiger partial charge in [-0.25, -0.2) is 4.98 Å². The minimum absolute atomic E-state index is 0.769. The van der Waals surface area contributed by atoms with Crippen LogP contribution in [-0.2, 0) is 19.5 Å². The summed E-state index contributed by atoms with van der Waals surface area (Å²) in [5.41, 5.74) is 3.93. The number of ether oxygens (including phenoxy) is 1. The van der Waals surface area contributed by atoms with E-state index in [4.69, 9.17) is 9.72 Å². The molecule has 110 valence electrons. The molecular formula is C17H20N2OS. The Hall–Kier alpha value is -1.39. The molecule has 1 saturated carbocycles. The number of benzene rings is 1. The van der Waals surface area contributed by atoms with E-state index in [9.17, 15) is 0 Å². The molecule has 0 bridgehead atoms. The van der Waals surface area contributed by atoms with Crippen molar-refractivity contribution in [1.29, 1.82) is 0 Å². The third kappa shape index (κ3) is 2.97. The van der Waals surface area contributed by atoms with E-state index in [1.165, 1.54) is 34.7 Å². The van der Waals surface area contributed by atoms with Crippen LogP contribution < -0.4 is 4.74 Å². The maximum absolute atomic E-state index is 5.56. The number of thiazole rings is 1. The molecule has 1 aliphatic heterocycles. The molecule has 2 heterocycles. The second kappa shape index (κ2) is 5.43. The molecule has 4 rings (SSSR count). The minimum atomic E-state index is 0.769. The first-order valence-electron chi connectivity index (χ1n) is 7.65. The molecule has 0 unspecified atom stereocenters. The zero-order chi connectivity index (χ0) is 14.2. The van der Waals surface area contributed by atoms with Crippen molar-refractivity contribution in [1.82, 2.24) is 9.88 Å². The van der Waals surface area contributed by atoms with Gasteiger partial charge in [0.2, 0.25) is 0 Å². The van der Waals surface area contributed by atoms with Crippen LogP contribution in [0, 0.1) is 0 Å². The second-order valence-corrected chi connectivity index (χ2v) is 7.05. The molecule has 1 aromatic heterocycles. The van der Waals surface area contributed by atoms with Crippen LogP contribution in [0.1, 0.15) is 40.6 Å². The molecule has 2 aromatic rings. The number of hydrogen-bond acceptors (Lipinski definition) is 4. The van der Waals surface area contributed by atoms with E-state index in [0.717, 1.165) is 37.8 Å². The fourth-order valence-electron chi connectivity index (χ4n) is 2.90. The van der Waals surface area contributed by atoms with Crippen LogP contribution in [0.3, 0.4) is 0 Å². The molecule has 1 aliphatic carbocycles. The van der Waals surface area contributed by atoms with Gasteiger partial charge < -0.3 is 4.74 Å². The number of aromatic nitrogens is 1. The summed E-state index contributed by atoms with van der Waals surface area (Å²) in [4.78, 5) is 7.11. The van der Waals surface area contributed by atoms with Gasteiger partial charge in [0.15, 0.2) is 0 Å². The Balaban J connectivity index is 1.39. The summed E-state index contributed by atoms with van der Waals surface area (Å²) < 4.78 is 5.56. The van der Waals surface area contributed by atoms with E-state index in [2.05, 4.69) is 35.5 Å². The molecule has 21 heavy (non-hydrogen) atoms. The Morgan fingerprint density at radius 2 is 2.24 bits per heavy atom. The zero-order valence-corrected chi connectivity index (χ0v) is 13.2. The quantitative estimate of drug-likeness (QED) is 0.844. The fraction of sp³-hybridized carbons (Fsp3) is 0.471. The number of fused-ring (bicyclic) bond motifs is 1. The topological polar surface area (TPSA) is 25.4 Å². The Morgan fingerprint density at radius 3 is 3.10 bits per heavy atom. The highest BCUT2D eigenvalue weighted by molar-refractivity contribution is 7.09. The lowest BCUT2D eigenvalue weighted by Gasteiger charge is -2.15. The number of hydrogen-bond donors (Lipinski definition) is 0. The predicted octanol–water partition coefficient (Wildman–Crippen LogP) is 3.59. The largest absolute Gasteiger partial charge is 0.493 e. The van der Waals surface area contributed by atoms with Gasteiger partial charge in [-0.3, -0.25) is 4.90 Å². The van der Waals surface area contributed by atoms with Crippen molar-refractivity contribution in [3.63, 3.8) is 0 Å². The molecule has 0 saturated heterocycles. The van der Waals surface area contributed by atoms with Gasteiger partial charge in [-0.1, -0.05) is 12.1 Å². The van der Waals surface area contributed by atoms with Gasteiger partial charge in [0.05, 0.1) is 17.3 Å². The van der Waals surface area contributed by atoms with Crippen molar-refractivity contribution < 1.29 is 4.74 Å². The third-order valence-corrected chi connectivity index (χ3v) is 5.19. The lowest BCUT2D eigenvalue weighted by molar-refractivity contribution is 0.315. The monoisotopic (exact) mass is 300 g/mol. The first-order chi connectivity index (χ1) is 10.3. The molecule has 0 N–H and O–H groups in total. The van der Waals surface area contributed by atoms with Gasteiger partial charge in [0.1, 0.15) is 5.75 Å². The average molecular weight is 300 g/mol. The molecule has 0 spiro atoms. The molecule has 1 fully saturated rings. The SMILES string of the molecule is CN(Cc1ccc2c(c1)CCO2)Cc1csc(C2CC2)n1. The van der Waals surface area contributed by atoms with Gasteiger partial charge in [0, 0.05) is 30.8 Å². The molecule has 0 amide bonds. The maximum atomic E-state index is 5.56. The summed E-state index contributed by atoms with van der Waals surface area (Å²) in [6.07, 6.45) is 3.71. The van der Waals surface area contributed by atoms with Gasteiger partial charge in [0.25, 0.3) is 0 Å². The van der Waals surface area contributed by atoms with Crippen LogP contribution in [0.2, 0.25) is 0 Å². The molecule has 1 aromatic carbocycles. The fourth-order valence-corrected chi connectivity index (χ4v) is 3.88. The first kappa shape index (κ1) is 13.3. The lowest BCUT2D eigenvalue weighted by Crippen LogP contribution is -2.17. The number of nitrogens with zero attached hydrogens (tertiary/aromatic N) is 2. The summed E-state index contributed by atoms with van der Waals surface area (Å²) in [6, 6.07) is 6.58. The maximum Gasteiger partial charge on any atom is 0.122 e. The van der Waals surface area contributed by atoms with Gasteiger partial charge >= 0.3 is 0 Å². The van der Waals surface area contributed by atoms with Crippen LogP contribution in [0.25, 0.3) is 0 Å². The molecule has 4 heteroatoms. The van der Waals surface area contributed by atoms with E-state index in [-0.39, 0.29) is 0 Å². The van der Waals surface area contributed by atoms with Gasteiger partial charge in [-0.15, -0.1) is 11.3 Å². The van der Waals surface area contributed by atoms with Crippen molar-refractivity contribution in [2.24, 2.45) is 0 Å². The highest BCUT2D eigenvalue weighted by Crippen LogP contribution is 2.41. The zero-order valence-electron chi connectivity index (χ0n) is 12.3. The second-order valence-electron chi connectivity index (χ2n) is 6.16. The molecular weight excluding hydrogens is 280 g/mol. The third-order valence-electron chi connectivity index (χ3n) is 4.13. The van der Waals surface area contributed by atoms with Crippen molar-refractivity contribution in [3.8, 4) is 5.75 Å². The Labute approximate surface area is 129 Å². The summed E-state index contributed by atoms with van der Waals surface area (Å²) in [7, 11) is 2.17. The van der Waals surface area contributed by atoms with E-state index in [1.807, 2.05) is 11.3 Å². The van der Waals surface area contributed by atoms with Crippen molar-refractivity contribution in [2.75, 3.05) is 13.7 Å². The van der Waals surface area contributed by atoms with Crippen LogP contribution >= 0.6 is 11.3 Å². The van der Waals surface area contributed by atoms with E-state index >= 15 is 0 Å². The average Bonchev–Trinajstić information content (AvgIpc) is 3.04. The number of rotatable bonds is 5. The van der Waals surface area contributed by atoms with E-state index in [0.29, 0.717) is 0 Å². The van der Waals surface area contributed by atoms with E-state index in [1.54, 1.807) is 0 Å².